The smallest absolute Gasteiger partial charge is 0.225 e. The van der Waals surface area contributed by atoms with E-state index in [-0.39, 0.29) is 17.0 Å². The Kier molecular flexibility index (Phi) is 5.30. The normalized spacial score (nSPS) is 22.2. The van der Waals surface area contributed by atoms with Crippen molar-refractivity contribution in [1.82, 2.24) is 4.98 Å². The average Bonchev–Trinajstić information content (AvgIpc) is 2.59. The van der Waals surface area contributed by atoms with Gasteiger partial charge >= 0.3 is 0 Å². The first kappa shape index (κ1) is 17.1. The molecule has 2 nitrogen and oxygen atoms in total. The van der Waals surface area contributed by atoms with Gasteiger partial charge in [0.05, 0.1) is 5.52 Å². The highest BCUT2D eigenvalue weighted by Gasteiger charge is 2.31. The van der Waals surface area contributed by atoms with Gasteiger partial charge in [-0.2, -0.15) is 0 Å². The molecule has 1 aromatic carbocycles. The molecule has 126 valence electrons. The van der Waals surface area contributed by atoms with Crippen LogP contribution >= 0.6 is 11.6 Å². The summed E-state index contributed by atoms with van der Waals surface area (Å²) in [6.45, 7) is 3.73. The number of rotatable bonds is 5. The fraction of sp³-hybridized carbons (Fsp3) is 0.400. The summed E-state index contributed by atoms with van der Waals surface area (Å²) in [6.07, 6.45) is 8.10. The second-order valence-corrected chi connectivity index (χ2v) is 6.98. The van der Waals surface area contributed by atoms with Gasteiger partial charge in [-0.25, -0.2) is 4.39 Å². The number of carbonyl (C=O) groups is 1. The van der Waals surface area contributed by atoms with Gasteiger partial charge in [0.25, 0.3) is 0 Å². The molecule has 1 atom stereocenters. The molecular formula is C20H21ClFNO. The van der Waals surface area contributed by atoms with Gasteiger partial charge in [-0.3, -0.25) is 9.78 Å². The van der Waals surface area contributed by atoms with E-state index in [9.17, 15) is 9.18 Å². The van der Waals surface area contributed by atoms with Crippen LogP contribution in [-0.2, 0) is 4.79 Å². The maximum absolute atomic E-state index is 13.6. The molecule has 1 saturated carbocycles. The van der Waals surface area contributed by atoms with Crippen LogP contribution in [0.3, 0.4) is 0 Å². The highest BCUT2D eigenvalue weighted by atomic mass is 35.5. The summed E-state index contributed by atoms with van der Waals surface area (Å²) in [6, 6.07) is 6.75. The SMILES string of the molecule is C=CCC(C(=O)Cl)C1CCC(c2ccnc3ccc(F)cc23)CC1. The van der Waals surface area contributed by atoms with Crippen molar-refractivity contribution in [2.45, 2.75) is 38.0 Å². The molecule has 4 heteroatoms. The van der Waals surface area contributed by atoms with Crippen LogP contribution in [0.4, 0.5) is 4.39 Å². The molecule has 2 aromatic rings. The van der Waals surface area contributed by atoms with Gasteiger partial charge < -0.3 is 0 Å². The Balaban J connectivity index is 1.79. The van der Waals surface area contributed by atoms with E-state index in [1.165, 1.54) is 6.07 Å². The Morgan fingerprint density at radius 2 is 2.08 bits per heavy atom. The number of halogens is 2. The zero-order chi connectivity index (χ0) is 17.1. The second kappa shape index (κ2) is 7.43. The van der Waals surface area contributed by atoms with E-state index < -0.39 is 0 Å². The van der Waals surface area contributed by atoms with Gasteiger partial charge in [-0.15, -0.1) is 6.58 Å². The number of allylic oxidation sites excluding steroid dienone is 1. The van der Waals surface area contributed by atoms with Crippen LogP contribution < -0.4 is 0 Å². The molecule has 1 fully saturated rings. The van der Waals surface area contributed by atoms with Gasteiger partial charge in [0.1, 0.15) is 5.82 Å². The summed E-state index contributed by atoms with van der Waals surface area (Å²) in [5.74, 6) is 0.332. The molecule has 0 bridgehead atoms. The zero-order valence-electron chi connectivity index (χ0n) is 13.6. The standard InChI is InChI=1S/C20H21ClFNO/c1-2-3-17(20(21)24)14-6-4-13(5-7-14)16-10-11-23-19-9-8-15(22)12-18(16)19/h2,8-14,17H,1,3-7H2. The van der Waals surface area contributed by atoms with Crippen LogP contribution in [-0.4, -0.2) is 10.2 Å². The average molecular weight is 346 g/mol. The molecule has 0 radical (unpaired) electrons. The van der Waals surface area contributed by atoms with Crippen molar-refractivity contribution in [2.75, 3.05) is 0 Å². The Hall–Kier alpha value is -1.74. The highest BCUT2D eigenvalue weighted by molar-refractivity contribution is 6.64. The third-order valence-corrected chi connectivity index (χ3v) is 5.51. The van der Waals surface area contributed by atoms with E-state index in [0.29, 0.717) is 18.3 Å². The lowest BCUT2D eigenvalue weighted by atomic mass is 9.73. The number of fused-ring (bicyclic) bond motifs is 1. The summed E-state index contributed by atoms with van der Waals surface area (Å²) in [5, 5.41) is 0.645. The molecule has 0 aliphatic heterocycles. The Morgan fingerprint density at radius 3 is 2.75 bits per heavy atom. The summed E-state index contributed by atoms with van der Waals surface area (Å²) in [5.41, 5.74) is 1.99. The lowest BCUT2D eigenvalue weighted by molar-refractivity contribution is -0.117. The number of hydrogen-bond donors (Lipinski definition) is 0. The number of hydrogen-bond acceptors (Lipinski definition) is 2. The van der Waals surface area contributed by atoms with Gasteiger partial charge in [-0.1, -0.05) is 6.08 Å². The minimum atomic E-state index is -0.255. The van der Waals surface area contributed by atoms with Crippen molar-refractivity contribution in [2.24, 2.45) is 11.8 Å². The fourth-order valence-corrected chi connectivity index (χ4v) is 4.25. The summed E-state index contributed by atoms with van der Waals surface area (Å²) < 4.78 is 13.6. The van der Waals surface area contributed by atoms with E-state index >= 15 is 0 Å². The summed E-state index contributed by atoms with van der Waals surface area (Å²) in [7, 11) is 0. The van der Waals surface area contributed by atoms with E-state index in [4.69, 9.17) is 11.6 Å². The summed E-state index contributed by atoms with van der Waals surface area (Å²) in [4.78, 5) is 16.0. The van der Waals surface area contributed by atoms with Crippen LogP contribution in [0.2, 0.25) is 0 Å². The van der Waals surface area contributed by atoms with E-state index in [1.807, 2.05) is 6.07 Å². The van der Waals surface area contributed by atoms with Gasteiger partial charge in [0.15, 0.2) is 0 Å². The van der Waals surface area contributed by atoms with Crippen molar-refractivity contribution in [3.8, 4) is 0 Å². The van der Waals surface area contributed by atoms with Crippen LogP contribution in [0.1, 0.15) is 43.6 Å². The van der Waals surface area contributed by atoms with Crippen molar-refractivity contribution in [1.29, 1.82) is 0 Å². The molecule has 0 amide bonds. The number of nitrogens with zero attached hydrogens (tertiary/aromatic N) is 1. The summed E-state index contributed by atoms with van der Waals surface area (Å²) >= 11 is 5.77. The Labute approximate surface area is 146 Å². The van der Waals surface area contributed by atoms with Gasteiger partial charge in [-0.05, 0) is 85.4 Å². The Morgan fingerprint density at radius 1 is 1.33 bits per heavy atom. The molecule has 3 rings (SSSR count). The Bertz CT molecular complexity index is 752. The van der Waals surface area contributed by atoms with Crippen LogP contribution in [0.25, 0.3) is 10.9 Å². The maximum Gasteiger partial charge on any atom is 0.225 e. The number of benzene rings is 1. The van der Waals surface area contributed by atoms with Crippen LogP contribution in [0, 0.1) is 17.7 Å². The first-order valence-electron chi connectivity index (χ1n) is 8.44. The van der Waals surface area contributed by atoms with Crippen LogP contribution in [0.15, 0.2) is 43.1 Å². The maximum atomic E-state index is 13.6. The van der Waals surface area contributed by atoms with Gasteiger partial charge in [0, 0.05) is 17.5 Å². The fourth-order valence-electron chi connectivity index (χ4n) is 3.98. The quantitative estimate of drug-likeness (QED) is 0.521. The highest BCUT2D eigenvalue weighted by Crippen LogP contribution is 2.42. The van der Waals surface area contributed by atoms with Crippen molar-refractivity contribution < 1.29 is 9.18 Å². The minimum Gasteiger partial charge on any atom is -0.281 e. The first-order valence-corrected chi connectivity index (χ1v) is 8.82. The molecular weight excluding hydrogens is 325 g/mol. The predicted molar refractivity (Wildman–Crippen MR) is 95.6 cm³/mol. The third kappa shape index (κ3) is 3.51. The second-order valence-electron chi connectivity index (χ2n) is 6.61. The molecule has 1 aliphatic rings. The van der Waals surface area contributed by atoms with E-state index in [0.717, 1.165) is 42.1 Å². The largest absolute Gasteiger partial charge is 0.281 e. The van der Waals surface area contributed by atoms with Gasteiger partial charge in [0.2, 0.25) is 5.24 Å². The topological polar surface area (TPSA) is 30.0 Å². The van der Waals surface area contributed by atoms with Crippen molar-refractivity contribution in [3.05, 3.63) is 54.5 Å². The molecule has 24 heavy (non-hydrogen) atoms. The van der Waals surface area contributed by atoms with Crippen molar-refractivity contribution >= 4 is 27.7 Å². The lowest BCUT2D eigenvalue weighted by Crippen LogP contribution is -2.24. The third-order valence-electron chi connectivity index (χ3n) is 5.23. The molecule has 0 N–H and O–H groups in total. The molecule has 1 unspecified atom stereocenters. The molecule has 1 heterocycles. The lowest BCUT2D eigenvalue weighted by Gasteiger charge is -2.32. The molecule has 0 saturated heterocycles. The minimum absolute atomic E-state index is 0.128. The molecule has 0 spiro atoms. The van der Waals surface area contributed by atoms with E-state index in [2.05, 4.69) is 11.6 Å². The first-order chi connectivity index (χ1) is 11.6. The van der Waals surface area contributed by atoms with E-state index in [1.54, 1.807) is 24.4 Å². The van der Waals surface area contributed by atoms with Crippen LogP contribution in [0.5, 0.6) is 0 Å². The number of carbonyl (C=O) groups excluding carboxylic acids is 1. The number of pyridine rings is 1. The molecule has 1 aliphatic carbocycles. The van der Waals surface area contributed by atoms with Crippen molar-refractivity contribution in [3.63, 3.8) is 0 Å². The monoisotopic (exact) mass is 345 g/mol. The molecule has 1 aromatic heterocycles. The zero-order valence-corrected chi connectivity index (χ0v) is 14.3. The predicted octanol–water partition coefficient (Wildman–Crippen LogP) is 5.61. The number of aromatic nitrogens is 1.